The first kappa shape index (κ1) is 10.4. The lowest BCUT2D eigenvalue weighted by molar-refractivity contribution is -0.134. The first-order valence-corrected chi connectivity index (χ1v) is 3.80. The minimum absolute atomic E-state index is 0.0428. The molecule has 0 aliphatic carbocycles. The van der Waals surface area contributed by atoms with Crippen LogP contribution in [0.25, 0.3) is 0 Å². The summed E-state index contributed by atoms with van der Waals surface area (Å²) in [7, 11) is 3.32. The number of rotatable bonds is 4. The number of carbonyl (C=O) groups is 1. The molecule has 1 amide bonds. The summed E-state index contributed by atoms with van der Waals surface area (Å²) >= 11 is 0. The Morgan fingerprint density at radius 2 is 2.09 bits per heavy atom. The van der Waals surface area contributed by atoms with Crippen molar-refractivity contribution in [2.24, 2.45) is 5.92 Å². The molecule has 0 saturated carbocycles. The van der Waals surface area contributed by atoms with E-state index >= 15 is 0 Å². The lowest BCUT2D eigenvalue weighted by Crippen LogP contribution is -2.32. The number of hydrogen-bond acceptors (Lipinski definition) is 2. The van der Waals surface area contributed by atoms with Gasteiger partial charge >= 0.3 is 0 Å². The zero-order valence-corrected chi connectivity index (χ0v) is 7.76. The van der Waals surface area contributed by atoms with E-state index in [0.29, 0.717) is 5.92 Å². The molecular weight excluding hydrogens is 142 g/mol. The Hall–Kier alpha value is -0.570. The van der Waals surface area contributed by atoms with Gasteiger partial charge in [-0.15, -0.1) is 0 Å². The monoisotopic (exact) mass is 159 g/mol. The second-order valence-electron chi connectivity index (χ2n) is 3.10. The van der Waals surface area contributed by atoms with Gasteiger partial charge in [0.2, 0.25) is 5.91 Å². The SMILES string of the molecule is COCC(=O)N(C)CC(C)C. The fraction of sp³-hybridized carbons (Fsp3) is 0.875. The number of hydrogen-bond donors (Lipinski definition) is 0. The molecule has 0 aromatic rings. The predicted octanol–water partition coefficient (Wildman–Crippen LogP) is 0.747. The van der Waals surface area contributed by atoms with Gasteiger partial charge in [0, 0.05) is 20.7 Å². The second kappa shape index (κ2) is 5.13. The Balaban J connectivity index is 3.64. The van der Waals surface area contributed by atoms with Crippen molar-refractivity contribution in [3.8, 4) is 0 Å². The van der Waals surface area contributed by atoms with Crippen molar-refractivity contribution in [2.45, 2.75) is 13.8 Å². The third kappa shape index (κ3) is 4.79. The molecule has 0 heterocycles. The number of amides is 1. The second-order valence-corrected chi connectivity index (χ2v) is 3.10. The van der Waals surface area contributed by atoms with Gasteiger partial charge in [0.1, 0.15) is 6.61 Å². The molecule has 0 radical (unpaired) electrons. The zero-order valence-electron chi connectivity index (χ0n) is 7.76. The molecule has 0 saturated heterocycles. The van der Waals surface area contributed by atoms with E-state index in [1.807, 2.05) is 0 Å². The molecule has 0 spiro atoms. The molecule has 0 bridgehead atoms. The molecule has 0 N–H and O–H groups in total. The molecule has 0 aromatic carbocycles. The third-order valence-corrected chi connectivity index (χ3v) is 1.33. The van der Waals surface area contributed by atoms with Crippen LogP contribution >= 0.6 is 0 Å². The average molecular weight is 159 g/mol. The van der Waals surface area contributed by atoms with Crippen molar-refractivity contribution in [1.82, 2.24) is 4.90 Å². The van der Waals surface area contributed by atoms with Crippen LogP contribution in [0.3, 0.4) is 0 Å². The molecule has 0 aliphatic heterocycles. The molecule has 11 heavy (non-hydrogen) atoms. The number of likely N-dealkylation sites (N-methyl/N-ethyl adjacent to an activating group) is 1. The summed E-state index contributed by atoms with van der Waals surface area (Å²) in [5, 5.41) is 0. The van der Waals surface area contributed by atoms with Crippen LogP contribution in [-0.2, 0) is 9.53 Å². The van der Waals surface area contributed by atoms with E-state index in [0.717, 1.165) is 6.54 Å². The molecule has 0 aromatic heterocycles. The maximum atomic E-state index is 11.1. The van der Waals surface area contributed by atoms with Gasteiger partial charge in [0.25, 0.3) is 0 Å². The molecule has 0 atom stereocenters. The normalized spacial score (nSPS) is 10.3. The fourth-order valence-electron chi connectivity index (χ4n) is 0.883. The van der Waals surface area contributed by atoms with E-state index in [-0.39, 0.29) is 12.5 Å². The quantitative estimate of drug-likeness (QED) is 0.605. The summed E-state index contributed by atoms with van der Waals surface area (Å²) < 4.78 is 4.72. The van der Waals surface area contributed by atoms with E-state index in [9.17, 15) is 4.79 Å². The van der Waals surface area contributed by atoms with E-state index in [4.69, 9.17) is 4.74 Å². The van der Waals surface area contributed by atoms with Gasteiger partial charge in [0.05, 0.1) is 0 Å². The van der Waals surface area contributed by atoms with Gasteiger partial charge in [-0.1, -0.05) is 13.8 Å². The highest BCUT2D eigenvalue weighted by atomic mass is 16.5. The van der Waals surface area contributed by atoms with E-state index in [1.54, 1.807) is 11.9 Å². The lowest BCUT2D eigenvalue weighted by atomic mass is 10.2. The highest BCUT2D eigenvalue weighted by molar-refractivity contribution is 5.77. The maximum absolute atomic E-state index is 11.1. The molecule has 66 valence electrons. The van der Waals surface area contributed by atoms with Crippen molar-refractivity contribution in [3.63, 3.8) is 0 Å². The van der Waals surface area contributed by atoms with Crippen molar-refractivity contribution < 1.29 is 9.53 Å². The molecule has 0 unspecified atom stereocenters. The third-order valence-electron chi connectivity index (χ3n) is 1.33. The Morgan fingerprint density at radius 3 is 2.45 bits per heavy atom. The molecule has 0 rings (SSSR count). The fourth-order valence-corrected chi connectivity index (χ4v) is 0.883. The van der Waals surface area contributed by atoms with Crippen molar-refractivity contribution >= 4 is 5.91 Å². The Kier molecular flexibility index (Phi) is 4.86. The van der Waals surface area contributed by atoms with E-state index < -0.39 is 0 Å². The van der Waals surface area contributed by atoms with Crippen LogP contribution in [0, 0.1) is 5.92 Å². The Bertz CT molecular complexity index is 123. The van der Waals surface area contributed by atoms with Gasteiger partial charge in [0.15, 0.2) is 0 Å². The van der Waals surface area contributed by atoms with Gasteiger partial charge in [-0.2, -0.15) is 0 Å². The van der Waals surface area contributed by atoms with Crippen molar-refractivity contribution in [1.29, 1.82) is 0 Å². The van der Waals surface area contributed by atoms with Gasteiger partial charge in [-0.25, -0.2) is 0 Å². The molecular formula is C8H17NO2. The van der Waals surface area contributed by atoms with Crippen LogP contribution in [0.2, 0.25) is 0 Å². The smallest absolute Gasteiger partial charge is 0.248 e. The number of methoxy groups -OCH3 is 1. The first-order chi connectivity index (χ1) is 5.07. The van der Waals surface area contributed by atoms with Gasteiger partial charge in [-0.3, -0.25) is 4.79 Å². The zero-order chi connectivity index (χ0) is 8.85. The Morgan fingerprint density at radius 1 is 1.55 bits per heavy atom. The molecule has 3 heteroatoms. The molecule has 3 nitrogen and oxygen atoms in total. The Labute approximate surface area is 68.3 Å². The average Bonchev–Trinajstić information content (AvgIpc) is 1.86. The number of carbonyl (C=O) groups excluding carboxylic acids is 1. The summed E-state index contributed by atoms with van der Waals surface area (Å²) in [6.45, 7) is 5.14. The van der Waals surface area contributed by atoms with Crippen LogP contribution in [-0.4, -0.2) is 38.1 Å². The van der Waals surface area contributed by atoms with E-state index in [2.05, 4.69) is 13.8 Å². The molecule has 0 aliphatic rings. The lowest BCUT2D eigenvalue weighted by Gasteiger charge is -2.18. The number of nitrogens with zero attached hydrogens (tertiary/aromatic N) is 1. The van der Waals surface area contributed by atoms with Crippen LogP contribution in [0.4, 0.5) is 0 Å². The summed E-state index contributed by atoms with van der Waals surface area (Å²) in [5.74, 6) is 0.557. The summed E-state index contributed by atoms with van der Waals surface area (Å²) in [4.78, 5) is 12.8. The summed E-state index contributed by atoms with van der Waals surface area (Å²) in [5.41, 5.74) is 0. The highest BCUT2D eigenvalue weighted by Gasteiger charge is 2.08. The van der Waals surface area contributed by atoms with Gasteiger partial charge in [-0.05, 0) is 5.92 Å². The van der Waals surface area contributed by atoms with Crippen LogP contribution in [0.5, 0.6) is 0 Å². The minimum Gasteiger partial charge on any atom is -0.375 e. The molecule has 0 fully saturated rings. The largest absolute Gasteiger partial charge is 0.375 e. The van der Waals surface area contributed by atoms with Crippen LogP contribution in [0.15, 0.2) is 0 Å². The first-order valence-electron chi connectivity index (χ1n) is 3.80. The summed E-state index contributed by atoms with van der Waals surface area (Å²) in [6.07, 6.45) is 0. The topological polar surface area (TPSA) is 29.5 Å². The number of ether oxygens (including phenoxy) is 1. The maximum Gasteiger partial charge on any atom is 0.248 e. The van der Waals surface area contributed by atoms with Crippen molar-refractivity contribution in [3.05, 3.63) is 0 Å². The standard InChI is InChI=1S/C8H17NO2/c1-7(2)5-9(3)8(10)6-11-4/h7H,5-6H2,1-4H3. The van der Waals surface area contributed by atoms with Crippen molar-refractivity contribution in [2.75, 3.05) is 27.3 Å². The predicted molar refractivity (Wildman–Crippen MR) is 44.4 cm³/mol. The highest BCUT2D eigenvalue weighted by Crippen LogP contribution is 1.95. The van der Waals surface area contributed by atoms with Gasteiger partial charge < -0.3 is 9.64 Å². The minimum atomic E-state index is 0.0428. The summed E-state index contributed by atoms with van der Waals surface area (Å²) in [6, 6.07) is 0. The van der Waals surface area contributed by atoms with Crippen LogP contribution < -0.4 is 0 Å². The van der Waals surface area contributed by atoms with E-state index in [1.165, 1.54) is 7.11 Å². The van der Waals surface area contributed by atoms with Crippen LogP contribution in [0.1, 0.15) is 13.8 Å².